The standard InChI is InChI=1S/C11H10BrF3O2S/c1-17-10(16)9(12)6-3-7(11(13,14)15)5-8(4-6)18-2/h3-5,9H,1-2H3. The van der Waals surface area contributed by atoms with Crippen molar-refractivity contribution in [3.05, 3.63) is 29.3 Å². The smallest absolute Gasteiger partial charge is 0.416 e. The maximum Gasteiger partial charge on any atom is 0.416 e. The molecule has 1 unspecified atom stereocenters. The molecular weight excluding hydrogens is 333 g/mol. The third-order valence-electron chi connectivity index (χ3n) is 2.19. The van der Waals surface area contributed by atoms with Gasteiger partial charge >= 0.3 is 12.1 Å². The maximum absolute atomic E-state index is 12.7. The van der Waals surface area contributed by atoms with Gasteiger partial charge in [-0.05, 0) is 30.0 Å². The first-order chi connectivity index (χ1) is 8.29. The summed E-state index contributed by atoms with van der Waals surface area (Å²) >= 11 is 4.20. The number of carbonyl (C=O) groups excluding carboxylic acids is 1. The van der Waals surface area contributed by atoms with Crippen LogP contribution >= 0.6 is 27.7 Å². The van der Waals surface area contributed by atoms with E-state index in [4.69, 9.17) is 0 Å². The topological polar surface area (TPSA) is 26.3 Å². The number of alkyl halides is 4. The summed E-state index contributed by atoms with van der Waals surface area (Å²) in [6.45, 7) is 0. The van der Waals surface area contributed by atoms with Crippen LogP contribution in [0.15, 0.2) is 23.1 Å². The Kier molecular flexibility index (Phi) is 5.10. The van der Waals surface area contributed by atoms with Crippen molar-refractivity contribution >= 4 is 33.7 Å². The van der Waals surface area contributed by atoms with Crippen molar-refractivity contribution in [1.82, 2.24) is 0 Å². The highest BCUT2D eigenvalue weighted by atomic mass is 79.9. The van der Waals surface area contributed by atoms with Crippen LogP contribution in [0.1, 0.15) is 16.0 Å². The number of methoxy groups -OCH3 is 1. The predicted octanol–water partition coefficient (Wildman–Crippen LogP) is 4.04. The Balaban J connectivity index is 3.24. The predicted molar refractivity (Wildman–Crippen MR) is 66.9 cm³/mol. The van der Waals surface area contributed by atoms with Crippen LogP contribution in [0, 0.1) is 0 Å². The number of benzene rings is 1. The summed E-state index contributed by atoms with van der Waals surface area (Å²) in [4.78, 5) is 10.8. The maximum atomic E-state index is 12.7. The number of hydrogen-bond acceptors (Lipinski definition) is 3. The Labute approximate surface area is 115 Å². The number of hydrogen-bond donors (Lipinski definition) is 0. The SMILES string of the molecule is COC(=O)C(Br)c1cc(SC)cc(C(F)(F)F)c1. The second-order valence-corrected chi connectivity index (χ2v) is 5.17. The zero-order valence-corrected chi connectivity index (χ0v) is 11.9. The van der Waals surface area contributed by atoms with E-state index in [-0.39, 0.29) is 5.56 Å². The first-order valence-electron chi connectivity index (χ1n) is 4.77. The quantitative estimate of drug-likeness (QED) is 0.471. The van der Waals surface area contributed by atoms with E-state index in [1.807, 2.05) is 0 Å². The van der Waals surface area contributed by atoms with Crippen molar-refractivity contribution in [2.24, 2.45) is 0 Å². The van der Waals surface area contributed by atoms with E-state index >= 15 is 0 Å². The normalized spacial score (nSPS) is 13.2. The molecule has 0 aliphatic heterocycles. The van der Waals surface area contributed by atoms with Crippen LogP contribution in [0.5, 0.6) is 0 Å². The molecule has 18 heavy (non-hydrogen) atoms. The Morgan fingerprint density at radius 3 is 2.44 bits per heavy atom. The third kappa shape index (κ3) is 3.65. The fourth-order valence-corrected chi connectivity index (χ4v) is 2.24. The monoisotopic (exact) mass is 342 g/mol. The first-order valence-corrected chi connectivity index (χ1v) is 6.91. The molecule has 0 aromatic heterocycles. The zero-order chi connectivity index (χ0) is 13.9. The lowest BCUT2D eigenvalue weighted by atomic mass is 10.1. The lowest BCUT2D eigenvalue weighted by Crippen LogP contribution is -2.11. The Morgan fingerprint density at radius 1 is 1.39 bits per heavy atom. The number of esters is 1. The van der Waals surface area contributed by atoms with E-state index in [1.54, 1.807) is 6.26 Å². The van der Waals surface area contributed by atoms with Gasteiger partial charge in [0, 0.05) is 4.90 Å². The van der Waals surface area contributed by atoms with Gasteiger partial charge in [-0.2, -0.15) is 13.2 Å². The molecule has 1 aromatic rings. The highest BCUT2D eigenvalue weighted by molar-refractivity contribution is 9.09. The number of rotatable bonds is 3. The van der Waals surface area contributed by atoms with Gasteiger partial charge in [0.1, 0.15) is 4.83 Å². The summed E-state index contributed by atoms with van der Waals surface area (Å²) in [6, 6.07) is 3.51. The van der Waals surface area contributed by atoms with Crippen LogP contribution in [0.4, 0.5) is 13.2 Å². The number of ether oxygens (including phenoxy) is 1. The van der Waals surface area contributed by atoms with Gasteiger partial charge in [-0.25, -0.2) is 0 Å². The molecule has 0 amide bonds. The van der Waals surface area contributed by atoms with E-state index in [1.165, 1.54) is 24.9 Å². The van der Waals surface area contributed by atoms with Gasteiger partial charge in [-0.3, -0.25) is 4.79 Å². The molecule has 0 heterocycles. The second-order valence-electron chi connectivity index (χ2n) is 3.38. The highest BCUT2D eigenvalue weighted by Gasteiger charge is 2.32. The molecule has 1 rings (SSSR count). The minimum atomic E-state index is -4.44. The van der Waals surface area contributed by atoms with E-state index in [2.05, 4.69) is 20.7 Å². The molecule has 1 aromatic carbocycles. The molecule has 0 saturated carbocycles. The molecule has 0 bridgehead atoms. The van der Waals surface area contributed by atoms with Crippen molar-refractivity contribution in [3.63, 3.8) is 0 Å². The third-order valence-corrected chi connectivity index (χ3v) is 3.80. The molecule has 0 spiro atoms. The fourth-order valence-electron chi connectivity index (χ4n) is 1.29. The summed E-state index contributed by atoms with van der Waals surface area (Å²) in [5.74, 6) is -0.638. The number of carbonyl (C=O) groups is 1. The van der Waals surface area contributed by atoms with Crippen LogP contribution in [0.2, 0.25) is 0 Å². The average Bonchev–Trinajstić information content (AvgIpc) is 2.35. The highest BCUT2D eigenvalue weighted by Crippen LogP contribution is 2.36. The van der Waals surface area contributed by atoms with E-state index in [0.29, 0.717) is 4.90 Å². The Bertz CT molecular complexity index is 448. The Morgan fingerprint density at radius 2 is 2.00 bits per heavy atom. The summed E-state index contributed by atoms with van der Waals surface area (Å²) in [5, 5.41) is 0. The second kappa shape index (κ2) is 5.97. The molecule has 0 radical (unpaired) electrons. The van der Waals surface area contributed by atoms with Crippen molar-refractivity contribution in [2.45, 2.75) is 15.9 Å². The number of thioether (sulfide) groups is 1. The minimum Gasteiger partial charge on any atom is -0.468 e. The van der Waals surface area contributed by atoms with Crippen LogP contribution in [-0.4, -0.2) is 19.3 Å². The van der Waals surface area contributed by atoms with Crippen LogP contribution < -0.4 is 0 Å². The average molecular weight is 343 g/mol. The van der Waals surface area contributed by atoms with Gasteiger partial charge in [-0.1, -0.05) is 15.9 Å². The zero-order valence-electron chi connectivity index (χ0n) is 9.55. The largest absolute Gasteiger partial charge is 0.468 e. The molecule has 2 nitrogen and oxygen atoms in total. The molecular formula is C11H10BrF3O2S. The summed E-state index contributed by atoms with van der Waals surface area (Å²) in [5.41, 5.74) is -0.557. The van der Waals surface area contributed by atoms with Gasteiger partial charge in [0.25, 0.3) is 0 Å². The molecule has 0 N–H and O–H groups in total. The lowest BCUT2D eigenvalue weighted by molar-refractivity contribution is -0.140. The van der Waals surface area contributed by atoms with Gasteiger partial charge in [0.05, 0.1) is 12.7 Å². The first kappa shape index (κ1) is 15.4. The molecule has 0 saturated heterocycles. The summed E-state index contributed by atoms with van der Waals surface area (Å²) in [7, 11) is 1.18. The van der Waals surface area contributed by atoms with Gasteiger partial charge in [0.2, 0.25) is 0 Å². The van der Waals surface area contributed by atoms with Gasteiger partial charge in [0.15, 0.2) is 0 Å². The molecule has 1 atom stereocenters. The molecule has 100 valence electrons. The van der Waals surface area contributed by atoms with E-state index in [9.17, 15) is 18.0 Å². The summed E-state index contributed by atoms with van der Waals surface area (Å²) in [6.07, 6.45) is -2.77. The molecule has 0 aliphatic rings. The van der Waals surface area contributed by atoms with Crippen LogP contribution in [0.3, 0.4) is 0 Å². The van der Waals surface area contributed by atoms with Gasteiger partial charge < -0.3 is 4.74 Å². The van der Waals surface area contributed by atoms with Crippen molar-refractivity contribution in [3.8, 4) is 0 Å². The summed E-state index contributed by atoms with van der Waals surface area (Å²) < 4.78 is 42.6. The molecule has 7 heteroatoms. The lowest BCUT2D eigenvalue weighted by Gasteiger charge is -2.13. The molecule has 0 fully saturated rings. The van der Waals surface area contributed by atoms with Crippen molar-refractivity contribution in [2.75, 3.05) is 13.4 Å². The van der Waals surface area contributed by atoms with Crippen LogP contribution in [0.25, 0.3) is 0 Å². The van der Waals surface area contributed by atoms with Gasteiger partial charge in [-0.15, -0.1) is 11.8 Å². The van der Waals surface area contributed by atoms with Crippen molar-refractivity contribution < 1.29 is 22.7 Å². The van der Waals surface area contributed by atoms with E-state index < -0.39 is 22.5 Å². The minimum absolute atomic E-state index is 0.223. The Hall–Kier alpha value is -0.690. The fraction of sp³-hybridized carbons (Fsp3) is 0.364. The molecule has 0 aliphatic carbocycles. The van der Waals surface area contributed by atoms with Crippen molar-refractivity contribution in [1.29, 1.82) is 0 Å². The number of halogens is 4. The van der Waals surface area contributed by atoms with E-state index in [0.717, 1.165) is 12.1 Å². The van der Waals surface area contributed by atoms with Crippen LogP contribution in [-0.2, 0) is 15.7 Å².